The van der Waals surface area contributed by atoms with Crippen LogP contribution in [0.15, 0.2) is 36.5 Å². The number of hydrogen-bond donors (Lipinski definition) is 1. The van der Waals surface area contributed by atoms with E-state index in [9.17, 15) is 9.90 Å². The number of ketones is 1. The minimum Gasteiger partial charge on any atom is -0.506 e. The maximum absolute atomic E-state index is 12.1. The topological polar surface area (TPSA) is 50.2 Å². The summed E-state index contributed by atoms with van der Waals surface area (Å²) >= 11 is 0. The SMILES string of the molecule is CC(C)c1ccc2ccnc(C(O)=CC(=O)C(C)(C)C)c2c1. The van der Waals surface area contributed by atoms with Crippen LogP contribution in [-0.2, 0) is 4.79 Å². The number of rotatable bonds is 3. The molecule has 0 aliphatic carbocycles. The third-order valence-electron chi connectivity index (χ3n) is 3.71. The van der Waals surface area contributed by atoms with E-state index in [0.29, 0.717) is 11.6 Å². The lowest BCUT2D eigenvalue weighted by molar-refractivity contribution is -0.121. The van der Waals surface area contributed by atoms with E-state index >= 15 is 0 Å². The third-order valence-corrected chi connectivity index (χ3v) is 3.71. The molecule has 0 fully saturated rings. The first-order chi connectivity index (χ1) is 10.2. The van der Waals surface area contributed by atoms with Gasteiger partial charge >= 0.3 is 0 Å². The number of aliphatic hydroxyl groups is 1. The van der Waals surface area contributed by atoms with Gasteiger partial charge in [-0.2, -0.15) is 0 Å². The second-order valence-electron chi connectivity index (χ2n) is 6.94. The minimum atomic E-state index is -0.526. The molecule has 0 amide bonds. The van der Waals surface area contributed by atoms with Gasteiger partial charge in [0.05, 0.1) is 0 Å². The molecule has 1 aromatic carbocycles. The molecule has 2 rings (SSSR count). The first-order valence-corrected chi connectivity index (χ1v) is 7.54. The highest BCUT2D eigenvalue weighted by Crippen LogP contribution is 2.27. The van der Waals surface area contributed by atoms with Crippen LogP contribution in [0.2, 0.25) is 0 Å². The second kappa shape index (κ2) is 5.91. The molecule has 1 heterocycles. The van der Waals surface area contributed by atoms with Crippen LogP contribution in [-0.4, -0.2) is 15.9 Å². The fraction of sp³-hybridized carbons (Fsp3) is 0.368. The lowest BCUT2D eigenvalue weighted by Gasteiger charge is -2.14. The summed E-state index contributed by atoms with van der Waals surface area (Å²) in [6.45, 7) is 9.72. The molecule has 0 saturated heterocycles. The molecule has 0 spiro atoms. The molecule has 3 heteroatoms. The van der Waals surface area contributed by atoms with Crippen LogP contribution >= 0.6 is 0 Å². The standard InChI is InChI=1S/C19H23NO2/c1-12(2)14-7-6-13-8-9-20-18(15(13)10-14)16(21)11-17(22)19(3,4)5/h6-12,21H,1-5H3. The van der Waals surface area contributed by atoms with E-state index in [1.54, 1.807) is 6.20 Å². The van der Waals surface area contributed by atoms with Gasteiger partial charge in [-0.05, 0) is 29.0 Å². The van der Waals surface area contributed by atoms with Crippen molar-refractivity contribution in [3.63, 3.8) is 0 Å². The Hall–Kier alpha value is -2.16. The molecule has 0 unspecified atom stereocenters. The molecular formula is C19H23NO2. The van der Waals surface area contributed by atoms with Gasteiger partial charge in [-0.3, -0.25) is 9.78 Å². The molecule has 0 aliphatic heterocycles. The van der Waals surface area contributed by atoms with Crippen molar-refractivity contribution in [2.45, 2.75) is 40.5 Å². The maximum Gasteiger partial charge on any atom is 0.164 e. The number of nitrogens with zero attached hydrogens (tertiary/aromatic N) is 1. The predicted octanol–water partition coefficient (Wildman–Crippen LogP) is 4.87. The van der Waals surface area contributed by atoms with Gasteiger partial charge < -0.3 is 5.11 Å². The second-order valence-corrected chi connectivity index (χ2v) is 6.94. The van der Waals surface area contributed by atoms with E-state index in [1.165, 1.54) is 11.6 Å². The molecule has 0 aliphatic rings. The largest absolute Gasteiger partial charge is 0.506 e. The highest BCUT2D eigenvalue weighted by Gasteiger charge is 2.20. The van der Waals surface area contributed by atoms with Gasteiger partial charge in [0.15, 0.2) is 5.78 Å². The van der Waals surface area contributed by atoms with E-state index in [1.807, 2.05) is 39.0 Å². The van der Waals surface area contributed by atoms with Gasteiger partial charge in [0.2, 0.25) is 0 Å². The molecule has 0 bridgehead atoms. The van der Waals surface area contributed by atoms with Gasteiger partial charge in [0.25, 0.3) is 0 Å². The van der Waals surface area contributed by atoms with Crippen molar-refractivity contribution < 1.29 is 9.90 Å². The molecule has 0 saturated carbocycles. The number of pyridine rings is 1. The number of allylic oxidation sites excluding steroid dienone is 1. The fourth-order valence-electron chi connectivity index (χ4n) is 2.16. The summed E-state index contributed by atoms with van der Waals surface area (Å²) in [6, 6.07) is 8.04. The van der Waals surface area contributed by atoms with Crippen LogP contribution in [0.25, 0.3) is 16.5 Å². The highest BCUT2D eigenvalue weighted by atomic mass is 16.3. The molecule has 22 heavy (non-hydrogen) atoms. The number of aliphatic hydroxyl groups excluding tert-OH is 1. The Morgan fingerprint density at radius 2 is 1.91 bits per heavy atom. The van der Waals surface area contributed by atoms with Crippen molar-refractivity contribution in [2.75, 3.05) is 0 Å². The Balaban J connectivity index is 2.57. The van der Waals surface area contributed by atoms with Gasteiger partial charge in [0, 0.05) is 23.1 Å². The zero-order valence-corrected chi connectivity index (χ0v) is 13.8. The molecular weight excluding hydrogens is 274 g/mol. The lowest BCUT2D eigenvalue weighted by atomic mass is 9.90. The zero-order chi connectivity index (χ0) is 16.5. The number of carbonyl (C=O) groups is 1. The van der Waals surface area contributed by atoms with E-state index < -0.39 is 5.41 Å². The number of aromatic nitrogens is 1. The average Bonchev–Trinajstić information content (AvgIpc) is 2.44. The van der Waals surface area contributed by atoms with Crippen molar-refractivity contribution in [2.24, 2.45) is 5.41 Å². The summed E-state index contributed by atoms with van der Waals surface area (Å²) < 4.78 is 0. The first-order valence-electron chi connectivity index (χ1n) is 7.54. The van der Waals surface area contributed by atoms with Crippen LogP contribution in [0.5, 0.6) is 0 Å². The highest BCUT2D eigenvalue weighted by molar-refractivity contribution is 6.01. The molecule has 1 N–H and O–H groups in total. The minimum absolute atomic E-state index is 0.0774. The van der Waals surface area contributed by atoms with Crippen LogP contribution in [0.3, 0.4) is 0 Å². The number of hydrogen-bond acceptors (Lipinski definition) is 3. The normalized spacial score (nSPS) is 12.9. The lowest BCUT2D eigenvalue weighted by Crippen LogP contribution is -2.18. The van der Waals surface area contributed by atoms with Crippen LogP contribution in [0, 0.1) is 5.41 Å². The predicted molar refractivity (Wildman–Crippen MR) is 90.9 cm³/mol. The number of carbonyl (C=O) groups excluding carboxylic acids is 1. The Morgan fingerprint density at radius 3 is 2.50 bits per heavy atom. The molecule has 0 atom stereocenters. The summed E-state index contributed by atoms with van der Waals surface area (Å²) in [6.07, 6.45) is 2.93. The van der Waals surface area contributed by atoms with Crippen molar-refractivity contribution >= 4 is 22.3 Å². The smallest absolute Gasteiger partial charge is 0.164 e. The first kappa shape index (κ1) is 16.2. The van der Waals surface area contributed by atoms with Crippen LogP contribution < -0.4 is 0 Å². The van der Waals surface area contributed by atoms with Crippen LogP contribution in [0.4, 0.5) is 0 Å². The summed E-state index contributed by atoms with van der Waals surface area (Å²) in [5.41, 5.74) is 1.11. The van der Waals surface area contributed by atoms with Crippen molar-refractivity contribution in [3.8, 4) is 0 Å². The molecule has 3 nitrogen and oxygen atoms in total. The average molecular weight is 297 g/mol. The van der Waals surface area contributed by atoms with Gasteiger partial charge in [-0.15, -0.1) is 0 Å². The van der Waals surface area contributed by atoms with Gasteiger partial charge in [-0.1, -0.05) is 46.8 Å². The monoisotopic (exact) mass is 297 g/mol. The molecule has 2 aromatic rings. The molecule has 1 aromatic heterocycles. The quantitative estimate of drug-likeness (QED) is 0.649. The van der Waals surface area contributed by atoms with Crippen molar-refractivity contribution in [1.29, 1.82) is 0 Å². The third kappa shape index (κ3) is 3.35. The summed E-state index contributed by atoms with van der Waals surface area (Å²) in [5.74, 6) is 0.190. The number of fused-ring (bicyclic) bond motifs is 1. The summed E-state index contributed by atoms with van der Waals surface area (Å²) in [7, 11) is 0. The maximum atomic E-state index is 12.1. The van der Waals surface area contributed by atoms with E-state index in [2.05, 4.69) is 24.9 Å². The summed E-state index contributed by atoms with van der Waals surface area (Å²) in [5, 5.41) is 12.2. The van der Waals surface area contributed by atoms with Crippen LogP contribution in [0.1, 0.15) is 51.8 Å². The molecule has 0 radical (unpaired) electrons. The fourth-order valence-corrected chi connectivity index (χ4v) is 2.16. The zero-order valence-electron chi connectivity index (χ0n) is 13.8. The Kier molecular flexibility index (Phi) is 4.36. The van der Waals surface area contributed by atoms with E-state index in [4.69, 9.17) is 0 Å². The Labute approximate surface area is 131 Å². The van der Waals surface area contributed by atoms with E-state index in [0.717, 1.165) is 10.8 Å². The van der Waals surface area contributed by atoms with Gasteiger partial charge in [0.1, 0.15) is 11.5 Å². The van der Waals surface area contributed by atoms with Crippen molar-refractivity contribution in [1.82, 2.24) is 4.98 Å². The van der Waals surface area contributed by atoms with E-state index in [-0.39, 0.29) is 11.5 Å². The van der Waals surface area contributed by atoms with Gasteiger partial charge in [-0.25, -0.2) is 0 Å². The number of benzene rings is 1. The Morgan fingerprint density at radius 1 is 1.23 bits per heavy atom. The Bertz CT molecular complexity index is 737. The summed E-state index contributed by atoms with van der Waals surface area (Å²) in [4.78, 5) is 16.4. The molecule has 116 valence electrons. The van der Waals surface area contributed by atoms with Crippen molar-refractivity contribution in [3.05, 3.63) is 47.8 Å².